The molecule has 0 aromatic rings. The molecular formula is C11H20N2S. The molecule has 0 N–H and O–H groups in total. The number of nitrogens with zero attached hydrogens (tertiary/aromatic N) is 2. The molecular weight excluding hydrogens is 192 g/mol. The zero-order valence-electron chi connectivity index (χ0n) is 9.04. The van der Waals surface area contributed by atoms with Gasteiger partial charge in [-0.15, -0.1) is 0 Å². The van der Waals surface area contributed by atoms with Crippen LogP contribution in [0.3, 0.4) is 0 Å². The van der Waals surface area contributed by atoms with Crippen LogP contribution in [0.25, 0.3) is 0 Å². The molecule has 0 radical (unpaired) electrons. The maximum Gasteiger partial charge on any atom is 0.0635 e. The summed E-state index contributed by atoms with van der Waals surface area (Å²) in [5.41, 5.74) is 0. The predicted octanol–water partition coefficient (Wildman–Crippen LogP) is 2.37. The zero-order chi connectivity index (χ0) is 10.2. The fraction of sp³-hybridized carbons (Fsp3) is 0.909. The van der Waals surface area contributed by atoms with Crippen molar-refractivity contribution in [1.82, 2.24) is 4.90 Å². The molecule has 2 nitrogen and oxygen atoms in total. The Bertz CT molecular complexity index is 180. The van der Waals surface area contributed by atoms with Crippen LogP contribution in [0.2, 0.25) is 0 Å². The Kier molecular flexibility index (Phi) is 6.05. The van der Waals surface area contributed by atoms with Crippen LogP contribution in [0.5, 0.6) is 0 Å². The molecule has 1 aliphatic heterocycles. The minimum atomic E-state index is 0.690. The maximum absolute atomic E-state index is 8.49. The number of piperidine rings is 1. The zero-order valence-corrected chi connectivity index (χ0v) is 9.85. The normalized spacial score (nSPS) is 19.4. The van der Waals surface area contributed by atoms with E-state index in [0.717, 1.165) is 12.5 Å². The predicted molar refractivity (Wildman–Crippen MR) is 62.4 cm³/mol. The van der Waals surface area contributed by atoms with Crippen LogP contribution in [-0.2, 0) is 0 Å². The summed E-state index contributed by atoms with van der Waals surface area (Å²) >= 11 is 1.95. The smallest absolute Gasteiger partial charge is 0.0635 e. The first-order chi connectivity index (χ1) is 6.86. The van der Waals surface area contributed by atoms with Crippen molar-refractivity contribution < 1.29 is 0 Å². The SMILES string of the molecule is CSCCC1CCN(CCC#N)CC1. The van der Waals surface area contributed by atoms with Gasteiger partial charge in [-0.2, -0.15) is 17.0 Å². The molecule has 0 aromatic carbocycles. The van der Waals surface area contributed by atoms with E-state index in [1.807, 2.05) is 11.8 Å². The topological polar surface area (TPSA) is 27.0 Å². The summed E-state index contributed by atoms with van der Waals surface area (Å²) in [7, 11) is 0. The highest BCUT2D eigenvalue weighted by Crippen LogP contribution is 2.21. The molecule has 0 bridgehead atoms. The van der Waals surface area contributed by atoms with Gasteiger partial charge >= 0.3 is 0 Å². The van der Waals surface area contributed by atoms with Crippen LogP contribution >= 0.6 is 11.8 Å². The quantitative estimate of drug-likeness (QED) is 0.700. The third-order valence-corrected chi connectivity index (χ3v) is 3.62. The number of likely N-dealkylation sites (tertiary alicyclic amines) is 1. The molecule has 14 heavy (non-hydrogen) atoms. The lowest BCUT2D eigenvalue weighted by Crippen LogP contribution is -2.34. The van der Waals surface area contributed by atoms with Crippen molar-refractivity contribution in [2.75, 3.05) is 31.6 Å². The first kappa shape index (κ1) is 11.9. The van der Waals surface area contributed by atoms with Gasteiger partial charge in [0.25, 0.3) is 0 Å². The average Bonchev–Trinajstić information content (AvgIpc) is 2.25. The number of hydrogen-bond donors (Lipinski definition) is 0. The second-order valence-electron chi connectivity index (χ2n) is 3.97. The van der Waals surface area contributed by atoms with Gasteiger partial charge in [0, 0.05) is 13.0 Å². The summed E-state index contributed by atoms with van der Waals surface area (Å²) < 4.78 is 0. The fourth-order valence-corrected chi connectivity index (χ4v) is 2.56. The van der Waals surface area contributed by atoms with Gasteiger partial charge in [-0.25, -0.2) is 0 Å². The lowest BCUT2D eigenvalue weighted by molar-refractivity contribution is 0.186. The Morgan fingerprint density at radius 1 is 1.43 bits per heavy atom. The van der Waals surface area contributed by atoms with Crippen molar-refractivity contribution in [3.8, 4) is 6.07 Å². The van der Waals surface area contributed by atoms with E-state index in [2.05, 4.69) is 17.2 Å². The number of rotatable bonds is 5. The third kappa shape index (κ3) is 4.34. The van der Waals surface area contributed by atoms with E-state index in [4.69, 9.17) is 5.26 Å². The average molecular weight is 212 g/mol. The fourth-order valence-electron chi connectivity index (χ4n) is 1.99. The molecule has 1 aliphatic rings. The van der Waals surface area contributed by atoms with Gasteiger partial charge in [0.2, 0.25) is 0 Å². The summed E-state index contributed by atoms with van der Waals surface area (Å²) in [5.74, 6) is 2.25. The molecule has 3 heteroatoms. The van der Waals surface area contributed by atoms with Crippen molar-refractivity contribution in [2.24, 2.45) is 5.92 Å². The molecule has 0 unspecified atom stereocenters. The molecule has 0 amide bonds. The summed E-state index contributed by atoms with van der Waals surface area (Å²) in [6.45, 7) is 3.40. The second-order valence-corrected chi connectivity index (χ2v) is 4.96. The lowest BCUT2D eigenvalue weighted by Gasteiger charge is -2.31. The molecule has 80 valence electrons. The van der Waals surface area contributed by atoms with Crippen LogP contribution < -0.4 is 0 Å². The molecule has 1 saturated heterocycles. The van der Waals surface area contributed by atoms with E-state index in [1.165, 1.54) is 38.1 Å². The van der Waals surface area contributed by atoms with Crippen molar-refractivity contribution in [2.45, 2.75) is 25.7 Å². The molecule has 0 aliphatic carbocycles. The summed E-state index contributed by atoms with van der Waals surface area (Å²) in [5, 5.41) is 8.49. The summed E-state index contributed by atoms with van der Waals surface area (Å²) in [6.07, 6.45) is 6.93. The molecule has 1 rings (SSSR count). The highest BCUT2D eigenvalue weighted by atomic mass is 32.2. The highest BCUT2D eigenvalue weighted by molar-refractivity contribution is 7.98. The van der Waals surface area contributed by atoms with Gasteiger partial charge in [-0.05, 0) is 50.3 Å². The number of nitriles is 1. The molecule has 0 atom stereocenters. The molecule has 1 heterocycles. The monoisotopic (exact) mass is 212 g/mol. The second kappa shape index (κ2) is 7.14. The van der Waals surface area contributed by atoms with Gasteiger partial charge in [0.05, 0.1) is 6.07 Å². The van der Waals surface area contributed by atoms with Crippen molar-refractivity contribution in [1.29, 1.82) is 5.26 Å². The van der Waals surface area contributed by atoms with Crippen molar-refractivity contribution in [3.63, 3.8) is 0 Å². The minimum Gasteiger partial charge on any atom is -0.302 e. The van der Waals surface area contributed by atoms with Gasteiger partial charge in [0.15, 0.2) is 0 Å². The Morgan fingerprint density at radius 2 is 2.14 bits per heavy atom. The van der Waals surface area contributed by atoms with E-state index >= 15 is 0 Å². The van der Waals surface area contributed by atoms with Crippen LogP contribution in [0.1, 0.15) is 25.7 Å². The standard InChI is InChI=1S/C11H20N2S/c1-14-10-5-11-3-8-13(9-4-11)7-2-6-12/h11H,2-5,7-10H2,1H3. The summed E-state index contributed by atoms with van der Waals surface area (Å²) in [6, 6.07) is 2.22. The van der Waals surface area contributed by atoms with Crippen LogP contribution in [0.4, 0.5) is 0 Å². The molecule has 0 saturated carbocycles. The van der Waals surface area contributed by atoms with Crippen LogP contribution in [0, 0.1) is 17.2 Å². The van der Waals surface area contributed by atoms with Gasteiger partial charge in [0.1, 0.15) is 0 Å². The highest BCUT2D eigenvalue weighted by Gasteiger charge is 2.17. The van der Waals surface area contributed by atoms with Crippen LogP contribution in [-0.4, -0.2) is 36.5 Å². The lowest BCUT2D eigenvalue weighted by atomic mass is 9.94. The first-order valence-electron chi connectivity index (χ1n) is 5.45. The Balaban J connectivity index is 2.09. The van der Waals surface area contributed by atoms with E-state index in [9.17, 15) is 0 Å². The first-order valence-corrected chi connectivity index (χ1v) is 6.84. The molecule has 0 spiro atoms. The third-order valence-electron chi connectivity index (χ3n) is 2.98. The number of hydrogen-bond acceptors (Lipinski definition) is 3. The van der Waals surface area contributed by atoms with E-state index in [0.29, 0.717) is 6.42 Å². The van der Waals surface area contributed by atoms with Crippen molar-refractivity contribution >= 4 is 11.8 Å². The number of thioether (sulfide) groups is 1. The van der Waals surface area contributed by atoms with Crippen LogP contribution in [0.15, 0.2) is 0 Å². The van der Waals surface area contributed by atoms with E-state index < -0.39 is 0 Å². The molecule has 0 aromatic heterocycles. The van der Waals surface area contributed by atoms with Gasteiger partial charge in [-0.3, -0.25) is 0 Å². The van der Waals surface area contributed by atoms with E-state index in [1.54, 1.807) is 0 Å². The largest absolute Gasteiger partial charge is 0.302 e. The minimum absolute atomic E-state index is 0.690. The van der Waals surface area contributed by atoms with Crippen molar-refractivity contribution in [3.05, 3.63) is 0 Å². The van der Waals surface area contributed by atoms with Gasteiger partial charge < -0.3 is 4.90 Å². The maximum atomic E-state index is 8.49. The molecule has 1 fully saturated rings. The Morgan fingerprint density at radius 3 is 2.71 bits per heavy atom. The van der Waals surface area contributed by atoms with Gasteiger partial charge in [-0.1, -0.05) is 0 Å². The summed E-state index contributed by atoms with van der Waals surface area (Å²) in [4.78, 5) is 2.43. The Hall–Kier alpha value is -0.200. The Labute approximate surface area is 91.7 Å². The van der Waals surface area contributed by atoms with E-state index in [-0.39, 0.29) is 0 Å².